The van der Waals surface area contributed by atoms with E-state index in [0.29, 0.717) is 30.1 Å². The average molecular weight is 826 g/mol. The number of aryl methyl sites for hydroxylation is 1. The molecule has 3 saturated heterocycles. The van der Waals surface area contributed by atoms with Gasteiger partial charge in [-0.05, 0) is 130 Å². The van der Waals surface area contributed by atoms with Gasteiger partial charge >= 0.3 is 25.3 Å². The molecule has 0 aromatic heterocycles. The van der Waals surface area contributed by atoms with Gasteiger partial charge in [-0.2, -0.15) is 0 Å². The number of nitrogens with one attached hydrogen (secondary N) is 1. The molecule has 6 atom stereocenters. The topological polar surface area (TPSA) is 168 Å². The van der Waals surface area contributed by atoms with Crippen molar-refractivity contribution in [1.82, 2.24) is 15.1 Å². The van der Waals surface area contributed by atoms with Gasteiger partial charge in [-0.1, -0.05) is 19.9 Å². The molecule has 3 amide bonds. The number of nitrogens with zero attached hydrogens (tertiary/aromatic N) is 2. The molecule has 16 heteroatoms. The lowest BCUT2D eigenvalue weighted by molar-refractivity contribution is -0.199. The lowest BCUT2D eigenvalue weighted by atomic mass is 9.43. The molecule has 0 unspecified atom stereocenters. The molecule has 1 N–H and O–H groups in total. The third kappa shape index (κ3) is 9.79. The molecule has 6 aliphatic rings. The Morgan fingerprint density at radius 3 is 2.10 bits per heavy atom. The van der Waals surface area contributed by atoms with Gasteiger partial charge < -0.3 is 43.2 Å². The Morgan fingerprint density at radius 1 is 0.864 bits per heavy atom. The Balaban J connectivity index is 1.22. The summed E-state index contributed by atoms with van der Waals surface area (Å²) in [5, 5.41) is 2.82. The van der Waals surface area contributed by atoms with E-state index >= 15 is 0 Å². The first-order valence-corrected chi connectivity index (χ1v) is 21.0. The Labute approximate surface area is 348 Å². The highest BCUT2D eigenvalue weighted by molar-refractivity contribution is 6.45. The van der Waals surface area contributed by atoms with Crippen molar-refractivity contribution >= 4 is 37.2 Å². The van der Waals surface area contributed by atoms with Crippen LogP contribution in [0.25, 0.3) is 0 Å². The molecule has 59 heavy (non-hydrogen) atoms. The van der Waals surface area contributed by atoms with Gasteiger partial charge in [0.15, 0.2) is 5.75 Å². The third-order valence-electron chi connectivity index (χ3n) is 12.1. The van der Waals surface area contributed by atoms with Crippen molar-refractivity contribution in [3.63, 3.8) is 0 Å². The van der Waals surface area contributed by atoms with E-state index in [0.717, 1.165) is 12.8 Å². The summed E-state index contributed by atoms with van der Waals surface area (Å²) < 4.78 is 42.5. The van der Waals surface area contributed by atoms with Gasteiger partial charge in [-0.25, -0.2) is 14.4 Å². The van der Waals surface area contributed by atoms with E-state index < -0.39 is 65.9 Å². The van der Waals surface area contributed by atoms with E-state index in [9.17, 15) is 24.0 Å². The van der Waals surface area contributed by atoms with Gasteiger partial charge in [0, 0.05) is 19.5 Å². The predicted molar refractivity (Wildman–Crippen MR) is 217 cm³/mol. The molecular formula is C43H64BN3O12. The molecule has 1 aromatic carbocycles. The number of rotatable bonds is 9. The summed E-state index contributed by atoms with van der Waals surface area (Å²) >= 11 is 0. The lowest BCUT2D eigenvalue weighted by Gasteiger charge is -2.64. The van der Waals surface area contributed by atoms with Crippen LogP contribution in [0.3, 0.4) is 0 Å². The predicted octanol–water partition coefficient (Wildman–Crippen LogP) is 6.33. The Morgan fingerprint density at radius 2 is 1.51 bits per heavy atom. The number of hydrogen-bond acceptors (Lipinski definition) is 12. The Kier molecular flexibility index (Phi) is 11.9. The maximum atomic E-state index is 14.1. The average Bonchev–Trinajstić information content (AvgIpc) is 3.62. The molecule has 3 aliphatic heterocycles. The van der Waals surface area contributed by atoms with Crippen LogP contribution in [0.5, 0.6) is 11.5 Å². The zero-order valence-electron chi connectivity index (χ0n) is 37.1. The van der Waals surface area contributed by atoms with Crippen LogP contribution >= 0.6 is 0 Å². The minimum absolute atomic E-state index is 0.00327. The number of ether oxygens (including phenoxy) is 5. The zero-order chi connectivity index (χ0) is 43.6. The fraction of sp³-hybridized carbons (Fsp3) is 0.744. The SMILES string of the molecule is CC(=O)N[C@@H]1C[C@@H](C(=O)N2CC(Oc3ccc(CCB4O[C@@H]5C[C@@H]6C[C@@H](C6(C)C)[C@]5(C)O4)c(OC(=O)OC(C)(C)C)c3C(=O)OC(C)(C)C)C2)N(C(=O)OC(C)(C)C)C1. The fourth-order valence-corrected chi connectivity index (χ4v) is 9.31. The van der Waals surface area contributed by atoms with E-state index in [-0.39, 0.29) is 66.5 Å². The molecule has 1 aromatic rings. The first-order chi connectivity index (χ1) is 27.1. The summed E-state index contributed by atoms with van der Waals surface area (Å²) in [5.74, 6) is -0.294. The van der Waals surface area contributed by atoms with E-state index in [1.54, 1.807) is 79.3 Å². The fourth-order valence-electron chi connectivity index (χ4n) is 9.31. The van der Waals surface area contributed by atoms with Gasteiger partial charge in [0.25, 0.3) is 0 Å². The number of carbonyl (C=O) groups is 5. The number of carbonyl (C=O) groups excluding carboxylic acids is 5. The maximum absolute atomic E-state index is 14.1. The van der Waals surface area contributed by atoms with Crippen LogP contribution in [0.4, 0.5) is 9.59 Å². The van der Waals surface area contributed by atoms with Gasteiger partial charge in [0.1, 0.15) is 40.3 Å². The highest BCUT2D eigenvalue weighted by Gasteiger charge is 2.67. The van der Waals surface area contributed by atoms with Crippen molar-refractivity contribution in [2.75, 3.05) is 19.6 Å². The highest BCUT2D eigenvalue weighted by Crippen LogP contribution is 2.65. The van der Waals surface area contributed by atoms with E-state index in [1.165, 1.54) is 11.8 Å². The Hall–Kier alpha value is -4.05. The largest absolute Gasteiger partial charge is 0.514 e. The van der Waals surface area contributed by atoms with Crippen LogP contribution < -0.4 is 14.8 Å². The molecule has 326 valence electrons. The summed E-state index contributed by atoms with van der Waals surface area (Å²) in [7, 11) is -0.492. The summed E-state index contributed by atoms with van der Waals surface area (Å²) in [6, 6.07) is 2.12. The Bertz CT molecular complexity index is 1830. The maximum Gasteiger partial charge on any atom is 0.514 e. The second-order valence-corrected chi connectivity index (χ2v) is 20.7. The standard InChI is InChI=1S/C43H64BN3O12/c1-24(48)45-27-20-29(47(21-27)37(51)56-40(5,6)7)35(49)46-22-28(23-46)53-30-15-14-25(16-17-44-58-32-19-26-18-31(42(26,11)12)43(32,13)59-44)34(54-38(52)57-41(8,9)10)33(30)36(50)55-39(2,3)4/h14-15,26-29,31-32H,16-23H2,1-13H3,(H,45,48)/t26-,27+,29-,31-,32+,43-/m0/s1. The summed E-state index contributed by atoms with van der Waals surface area (Å²) in [6.45, 7) is 24.2. The number of amides is 3. The second kappa shape index (κ2) is 15.8. The van der Waals surface area contributed by atoms with Crippen LogP contribution in [-0.2, 0) is 39.5 Å². The van der Waals surface area contributed by atoms with E-state index in [2.05, 4.69) is 26.1 Å². The molecule has 3 aliphatic carbocycles. The van der Waals surface area contributed by atoms with Crippen LogP contribution in [0, 0.1) is 17.3 Å². The normalized spacial score (nSPS) is 27.5. The van der Waals surface area contributed by atoms with Crippen molar-refractivity contribution < 1.29 is 57.0 Å². The lowest BCUT2D eigenvalue weighted by Crippen LogP contribution is -2.65. The van der Waals surface area contributed by atoms with Crippen LogP contribution in [0.2, 0.25) is 6.32 Å². The van der Waals surface area contributed by atoms with E-state index in [4.69, 9.17) is 33.0 Å². The first-order valence-electron chi connectivity index (χ1n) is 21.0. The van der Waals surface area contributed by atoms with Crippen molar-refractivity contribution in [3.05, 3.63) is 23.3 Å². The zero-order valence-corrected chi connectivity index (χ0v) is 37.1. The van der Waals surface area contributed by atoms with Crippen molar-refractivity contribution in [2.45, 2.75) is 169 Å². The first kappa shape index (κ1) is 44.5. The monoisotopic (exact) mass is 825 g/mol. The van der Waals surface area contributed by atoms with Crippen molar-refractivity contribution in [2.24, 2.45) is 17.3 Å². The smallest absolute Gasteiger partial charge is 0.486 e. The molecule has 2 bridgehead atoms. The molecule has 0 radical (unpaired) electrons. The number of likely N-dealkylation sites (tertiary alicyclic amines) is 2. The molecule has 6 fully saturated rings. The van der Waals surface area contributed by atoms with E-state index in [1.807, 2.05) is 0 Å². The van der Waals surface area contributed by atoms with Crippen molar-refractivity contribution in [1.29, 1.82) is 0 Å². The minimum Gasteiger partial charge on any atom is -0.486 e. The van der Waals surface area contributed by atoms with Crippen LogP contribution in [0.1, 0.15) is 125 Å². The highest BCUT2D eigenvalue weighted by atomic mass is 16.7. The van der Waals surface area contributed by atoms with Gasteiger partial charge in [-0.15, -0.1) is 0 Å². The van der Waals surface area contributed by atoms with Gasteiger partial charge in [-0.3, -0.25) is 14.5 Å². The number of esters is 1. The molecule has 3 heterocycles. The molecule has 15 nitrogen and oxygen atoms in total. The second-order valence-electron chi connectivity index (χ2n) is 20.7. The molecule has 7 rings (SSSR count). The molecular weight excluding hydrogens is 761 g/mol. The molecule has 3 saturated carbocycles. The third-order valence-corrected chi connectivity index (χ3v) is 12.1. The van der Waals surface area contributed by atoms with Crippen molar-refractivity contribution in [3.8, 4) is 11.5 Å². The summed E-state index contributed by atoms with van der Waals surface area (Å²) in [6.07, 6.45) is 0.871. The minimum atomic E-state index is -1.00. The van der Waals surface area contributed by atoms with Crippen LogP contribution in [-0.4, -0.2) is 113 Å². The number of benzene rings is 1. The summed E-state index contributed by atoms with van der Waals surface area (Å²) in [4.78, 5) is 69.3. The van der Waals surface area contributed by atoms with Gasteiger partial charge in [0.05, 0.1) is 24.8 Å². The number of hydrogen-bond donors (Lipinski definition) is 1. The van der Waals surface area contributed by atoms with Gasteiger partial charge in [0.2, 0.25) is 11.8 Å². The van der Waals surface area contributed by atoms with Crippen LogP contribution in [0.15, 0.2) is 12.1 Å². The quantitative estimate of drug-likeness (QED) is 0.127. The summed E-state index contributed by atoms with van der Waals surface area (Å²) in [5.41, 5.74) is -2.34. The molecule has 0 spiro atoms.